The van der Waals surface area contributed by atoms with Crippen LogP contribution < -0.4 is 11.1 Å². The predicted octanol–water partition coefficient (Wildman–Crippen LogP) is 1.30. The lowest BCUT2D eigenvalue weighted by atomic mass is 10.4. The van der Waals surface area contributed by atoms with Gasteiger partial charge in [0.25, 0.3) is 0 Å². The van der Waals surface area contributed by atoms with E-state index in [1.807, 2.05) is 18.4 Å². The van der Waals surface area contributed by atoms with Crippen molar-refractivity contribution in [2.24, 2.45) is 5.73 Å². The zero-order valence-corrected chi connectivity index (χ0v) is 6.91. The molecule has 4 heteroatoms. The van der Waals surface area contributed by atoms with Gasteiger partial charge in [0.1, 0.15) is 0 Å². The minimum absolute atomic E-state index is 0. The number of nitrogens with two attached hydrogens (primary N) is 1. The van der Waals surface area contributed by atoms with Gasteiger partial charge in [-0.25, -0.2) is 0 Å². The van der Waals surface area contributed by atoms with Gasteiger partial charge in [0.15, 0.2) is 0 Å². The first-order valence-corrected chi connectivity index (χ1v) is 2.44. The number of halogens is 2. The number of rotatable bonds is 0. The van der Waals surface area contributed by atoms with Crippen molar-refractivity contribution >= 4 is 24.8 Å². The van der Waals surface area contributed by atoms with Crippen molar-refractivity contribution in [1.29, 1.82) is 0 Å². The van der Waals surface area contributed by atoms with Crippen molar-refractivity contribution in [1.82, 2.24) is 5.32 Å². The summed E-state index contributed by atoms with van der Waals surface area (Å²) in [6, 6.07) is 0. The van der Waals surface area contributed by atoms with Gasteiger partial charge in [0.05, 0.1) is 0 Å². The Morgan fingerprint density at radius 2 is 1.90 bits per heavy atom. The van der Waals surface area contributed by atoms with E-state index >= 15 is 0 Å². The summed E-state index contributed by atoms with van der Waals surface area (Å²) in [5.74, 6) is 0. The molecule has 58 valence electrons. The molecule has 0 saturated carbocycles. The summed E-state index contributed by atoms with van der Waals surface area (Å²) in [6.45, 7) is 0. The first-order valence-electron chi connectivity index (χ1n) is 2.44. The molecule has 0 fully saturated rings. The van der Waals surface area contributed by atoms with E-state index in [2.05, 4.69) is 5.32 Å². The zero-order chi connectivity index (χ0) is 5.82. The van der Waals surface area contributed by atoms with Crippen molar-refractivity contribution in [3.05, 3.63) is 36.3 Å². The third-order valence-electron chi connectivity index (χ3n) is 0.853. The average molecular weight is 181 g/mol. The van der Waals surface area contributed by atoms with E-state index in [1.54, 1.807) is 12.3 Å². The maximum Gasteiger partial charge on any atom is 0.0329 e. The van der Waals surface area contributed by atoms with Crippen molar-refractivity contribution in [3.8, 4) is 0 Å². The maximum absolute atomic E-state index is 5.42. The molecular weight excluding hydrogens is 171 g/mol. The van der Waals surface area contributed by atoms with Crippen LogP contribution in [0.25, 0.3) is 0 Å². The summed E-state index contributed by atoms with van der Waals surface area (Å²) in [5.41, 5.74) is 6.19. The molecular formula is C6H10Cl2N2. The second kappa shape index (κ2) is 6.52. The third kappa shape index (κ3) is 4.30. The van der Waals surface area contributed by atoms with Crippen LogP contribution in [0.4, 0.5) is 0 Å². The summed E-state index contributed by atoms with van der Waals surface area (Å²) in [7, 11) is 0. The Morgan fingerprint density at radius 3 is 2.60 bits per heavy atom. The molecule has 10 heavy (non-hydrogen) atoms. The molecule has 0 unspecified atom stereocenters. The molecule has 1 heterocycles. The molecule has 1 rings (SSSR count). The smallest absolute Gasteiger partial charge is 0.0329 e. The Bertz CT molecular complexity index is 161. The van der Waals surface area contributed by atoms with Gasteiger partial charge < -0.3 is 11.1 Å². The van der Waals surface area contributed by atoms with E-state index in [1.165, 1.54) is 0 Å². The molecule has 0 spiro atoms. The largest absolute Gasteiger partial charge is 0.399 e. The molecule has 0 amide bonds. The van der Waals surface area contributed by atoms with E-state index in [9.17, 15) is 0 Å². The second-order valence-corrected chi connectivity index (χ2v) is 1.53. The molecule has 2 nitrogen and oxygen atoms in total. The standard InChI is InChI=1S/C6H8N2.2ClH/c7-6-2-1-4-8-5-3-6;;/h1-5,8H,7H2;2*1H. The molecule has 0 saturated heterocycles. The van der Waals surface area contributed by atoms with Gasteiger partial charge in [0, 0.05) is 18.1 Å². The minimum Gasteiger partial charge on any atom is -0.399 e. The molecule has 0 aromatic carbocycles. The number of hydrogen-bond acceptors (Lipinski definition) is 2. The lowest BCUT2D eigenvalue weighted by molar-refractivity contribution is 1.20. The summed E-state index contributed by atoms with van der Waals surface area (Å²) >= 11 is 0. The fraction of sp³-hybridized carbons (Fsp3) is 0. The highest BCUT2D eigenvalue weighted by Gasteiger charge is 1.79. The Morgan fingerprint density at radius 1 is 1.20 bits per heavy atom. The Hall–Kier alpha value is -0.600. The lowest BCUT2D eigenvalue weighted by Gasteiger charge is -1.83. The predicted molar refractivity (Wildman–Crippen MR) is 48.2 cm³/mol. The van der Waals surface area contributed by atoms with E-state index in [4.69, 9.17) is 5.73 Å². The first kappa shape index (κ1) is 12.1. The van der Waals surface area contributed by atoms with Crippen LogP contribution in [-0.2, 0) is 0 Å². The summed E-state index contributed by atoms with van der Waals surface area (Å²) < 4.78 is 0. The van der Waals surface area contributed by atoms with Crippen LogP contribution in [0.2, 0.25) is 0 Å². The van der Waals surface area contributed by atoms with Gasteiger partial charge in [0.2, 0.25) is 0 Å². The van der Waals surface area contributed by atoms with E-state index in [0.717, 1.165) is 5.70 Å². The molecule has 1 aliphatic heterocycles. The average Bonchev–Trinajstić information content (AvgIpc) is 1.94. The molecule has 0 aromatic rings. The number of nitrogens with one attached hydrogen (secondary N) is 1. The minimum atomic E-state index is 0. The normalized spacial score (nSPS) is 13.4. The van der Waals surface area contributed by atoms with Gasteiger partial charge in [-0.1, -0.05) is 0 Å². The van der Waals surface area contributed by atoms with Crippen LogP contribution in [0.3, 0.4) is 0 Å². The Balaban J connectivity index is 0. The lowest BCUT2D eigenvalue weighted by Crippen LogP contribution is -1.92. The summed E-state index contributed by atoms with van der Waals surface area (Å²) in [5, 5.41) is 2.88. The molecule has 1 aliphatic rings. The fourth-order valence-corrected chi connectivity index (χ4v) is 0.470. The molecule has 3 N–H and O–H groups in total. The van der Waals surface area contributed by atoms with Gasteiger partial charge in [-0.15, -0.1) is 24.8 Å². The van der Waals surface area contributed by atoms with Crippen LogP contribution in [-0.4, -0.2) is 0 Å². The molecule has 0 bridgehead atoms. The highest BCUT2D eigenvalue weighted by Crippen LogP contribution is 1.89. The highest BCUT2D eigenvalue weighted by molar-refractivity contribution is 5.85. The second-order valence-electron chi connectivity index (χ2n) is 1.53. The van der Waals surface area contributed by atoms with Crippen LogP contribution in [0.5, 0.6) is 0 Å². The molecule has 0 atom stereocenters. The van der Waals surface area contributed by atoms with Crippen molar-refractivity contribution in [2.45, 2.75) is 0 Å². The van der Waals surface area contributed by atoms with Crippen LogP contribution in [0.15, 0.2) is 36.3 Å². The molecule has 0 radical (unpaired) electrons. The topological polar surface area (TPSA) is 38.0 Å². The van der Waals surface area contributed by atoms with Crippen LogP contribution in [0.1, 0.15) is 0 Å². The van der Waals surface area contributed by atoms with Gasteiger partial charge in [-0.2, -0.15) is 0 Å². The SMILES string of the molecule is Cl.Cl.NC1=CC=CNC=C1. The van der Waals surface area contributed by atoms with Crippen molar-refractivity contribution in [2.75, 3.05) is 0 Å². The third-order valence-corrected chi connectivity index (χ3v) is 0.853. The Labute approximate surface area is 72.7 Å². The van der Waals surface area contributed by atoms with Crippen molar-refractivity contribution < 1.29 is 0 Å². The first-order chi connectivity index (χ1) is 3.89. The number of hydrogen-bond donors (Lipinski definition) is 2. The monoisotopic (exact) mass is 180 g/mol. The van der Waals surface area contributed by atoms with E-state index < -0.39 is 0 Å². The summed E-state index contributed by atoms with van der Waals surface area (Å²) in [6.07, 6.45) is 9.09. The van der Waals surface area contributed by atoms with Gasteiger partial charge in [-0.05, 0) is 18.2 Å². The van der Waals surface area contributed by atoms with E-state index in [0.29, 0.717) is 0 Å². The number of allylic oxidation sites excluding steroid dienone is 3. The molecule has 0 aliphatic carbocycles. The van der Waals surface area contributed by atoms with Crippen molar-refractivity contribution in [3.63, 3.8) is 0 Å². The molecule has 0 aromatic heterocycles. The highest BCUT2D eigenvalue weighted by atomic mass is 35.5. The van der Waals surface area contributed by atoms with Gasteiger partial charge >= 0.3 is 0 Å². The zero-order valence-electron chi connectivity index (χ0n) is 5.28. The summed E-state index contributed by atoms with van der Waals surface area (Å²) in [4.78, 5) is 0. The Kier molecular flexibility index (Phi) is 7.90. The quantitative estimate of drug-likeness (QED) is 0.591. The van der Waals surface area contributed by atoms with Crippen LogP contribution >= 0.6 is 24.8 Å². The van der Waals surface area contributed by atoms with Crippen LogP contribution in [0, 0.1) is 0 Å². The van der Waals surface area contributed by atoms with Gasteiger partial charge in [-0.3, -0.25) is 0 Å². The fourth-order valence-electron chi connectivity index (χ4n) is 0.470. The maximum atomic E-state index is 5.42. The van der Waals surface area contributed by atoms with E-state index in [-0.39, 0.29) is 24.8 Å².